The van der Waals surface area contributed by atoms with Crippen LogP contribution in [-0.4, -0.2) is 0 Å². The van der Waals surface area contributed by atoms with E-state index in [4.69, 9.17) is 8.83 Å². The summed E-state index contributed by atoms with van der Waals surface area (Å²) >= 11 is 3.81. The van der Waals surface area contributed by atoms with Crippen molar-refractivity contribution in [2.24, 2.45) is 23.7 Å². The smallest absolute Gasteiger partial charge is 0.137 e. The molecule has 5 aliphatic carbocycles. The minimum absolute atomic E-state index is 0.187. The molecule has 410 valence electrons. The summed E-state index contributed by atoms with van der Waals surface area (Å²) in [5, 5.41) is 13.9. The van der Waals surface area contributed by atoms with Crippen LogP contribution < -0.4 is 9.80 Å². The Bertz CT molecular complexity index is 5590. The number of anilines is 6. The summed E-state index contributed by atoms with van der Waals surface area (Å²) in [5.41, 5.74) is 14.6. The second-order valence-electron chi connectivity index (χ2n) is 25.1. The highest BCUT2D eigenvalue weighted by Crippen LogP contribution is 2.72. The van der Waals surface area contributed by atoms with Crippen LogP contribution in [0, 0.1) is 35.3 Å². The Balaban J connectivity index is 0.798. The van der Waals surface area contributed by atoms with Crippen molar-refractivity contribution in [1.82, 2.24) is 0 Å². The predicted octanol–water partition coefficient (Wildman–Crippen LogP) is 23.5. The summed E-state index contributed by atoms with van der Waals surface area (Å²) in [4.78, 5) is 4.63. The van der Waals surface area contributed by atoms with Crippen LogP contribution in [-0.2, 0) is 5.41 Å². The fourth-order valence-electron chi connectivity index (χ4n) is 17.3. The third-order valence-electron chi connectivity index (χ3n) is 20.6. The number of benzene rings is 12. The monoisotopic (exact) mass is 1150 g/mol. The molecule has 4 aromatic heterocycles. The molecule has 0 aliphatic heterocycles. The van der Waals surface area contributed by atoms with Gasteiger partial charge in [-0.05, 0) is 227 Å². The molecule has 4 bridgehead atoms. The Labute approximate surface area is 500 Å². The van der Waals surface area contributed by atoms with Crippen LogP contribution in [0.15, 0.2) is 227 Å². The highest BCUT2D eigenvalue weighted by atomic mass is 32.1. The van der Waals surface area contributed by atoms with Gasteiger partial charge >= 0.3 is 0 Å². The van der Waals surface area contributed by atoms with Crippen molar-refractivity contribution in [2.75, 3.05) is 9.80 Å². The summed E-state index contributed by atoms with van der Waals surface area (Å²) in [7, 11) is 0. The standard InChI is InChI=1S/C78H50F2N2O2S2/c79-50-13-17-52(18-14-50)81(54-21-24-57-61-32-44-7-1-3-9-46(44)34-68(61)83-70(57)36-54)56-23-26-59-63-39-64-65(41-74(63)85-73(59)38-56)78(48-28-42-27-43(30-48)31-49(78)29-42)66-40-67(76-60-11-5-6-12-72(60)86-77(76)75(64)66)82(53-19-15-51(80)16-20-53)55-22-25-58-62-33-45-8-2-4-10-47(45)35-69(62)84-71(58)37-55/h1-26,32-43,48-49H,27-31H2. The molecule has 0 unspecified atom stereocenters. The van der Waals surface area contributed by atoms with E-state index in [-0.39, 0.29) is 17.0 Å². The summed E-state index contributed by atoms with van der Waals surface area (Å²) in [6.45, 7) is 0. The van der Waals surface area contributed by atoms with Crippen LogP contribution in [0.1, 0.15) is 43.2 Å². The van der Waals surface area contributed by atoms with Crippen LogP contribution in [0.5, 0.6) is 0 Å². The lowest BCUT2D eigenvalue weighted by Gasteiger charge is -2.61. The van der Waals surface area contributed by atoms with E-state index in [1.165, 1.54) is 105 Å². The van der Waals surface area contributed by atoms with E-state index in [9.17, 15) is 4.39 Å². The van der Waals surface area contributed by atoms with Gasteiger partial charge < -0.3 is 18.6 Å². The van der Waals surface area contributed by atoms with Gasteiger partial charge in [0.25, 0.3) is 0 Å². The van der Waals surface area contributed by atoms with Crippen LogP contribution in [0.4, 0.5) is 42.9 Å². The van der Waals surface area contributed by atoms with Crippen LogP contribution in [0.25, 0.3) is 117 Å². The third-order valence-corrected chi connectivity index (χ3v) is 22.9. The van der Waals surface area contributed by atoms with Gasteiger partial charge in [-0.15, -0.1) is 22.7 Å². The Morgan fingerprint density at radius 2 is 0.872 bits per heavy atom. The largest absolute Gasteiger partial charge is 0.456 e. The molecule has 0 amide bonds. The quantitative estimate of drug-likeness (QED) is 0.166. The molecule has 4 saturated carbocycles. The van der Waals surface area contributed by atoms with Gasteiger partial charge in [0.15, 0.2) is 0 Å². The van der Waals surface area contributed by atoms with Gasteiger partial charge in [0.2, 0.25) is 0 Å². The van der Waals surface area contributed by atoms with Gasteiger partial charge in [0.05, 0.1) is 5.69 Å². The molecule has 12 aromatic carbocycles. The minimum atomic E-state index is -0.274. The summed E-state index contributed by atoms with van der Waals surface area (Å²) in [6, 6.07) is 76.3. The van der Waals surface area contributed by atoms with E-state index in [0.717, 1.165) is 101 Å². The van der Waals surface area contributed by atoms with E-state index >= 15 is 4.39 Å². The Morgan fingerprint density at radius 1 is 0.372 bits per heavy atom. The Hall–Kier alpha value is -9.34. The Kier molecular flexibility index (Phi) is 9.71. The number of fused-ring (bicyclic) bond motifs is 18. The van der Waals surface area contributed by atoms with Gasteiger partial charge in [-0.2, -0.15) is 0 Å². The lowest BCUT2D eigenvalue weighted by atomic mass is 9.43. The molecule has 4 nitrogen and oxygen atoms in total. The van der Waals surface area contributed by atoms with Gasteiger partial charge in [0, 0.05) is 113 Å². The lowest BCUT2D eigenvalue weighted by Crippen LogP contribution is -2.55. The normalized spacial score (nSPS) is 19.6. The first kappa shape index (κ1) is 48.0. The summed E-state index contributed by atoms with van der Waals surface area (Å²) < 4.78 is 48.5. The molecule has 4 fully saturated rings. The van der Waals surface area contributed by atoms with Gasteiger partial charge in [0.1, 0.15) is 34.0 Å². The van der Waals surface area contributed by atoms with Crippen LogP contribution in [0.3, 0.4) is 0 Å². The van der Waals surface area contributed by atoms with Crippen molar-refractivity contribution in [3.63, 3.8) is 0 Å². The zero-order valence-corrected chi connectivity index (χ0v) is 48.0. The molecule has 0 N–H and O–H groups in total. The highest BCUT2D eigenvalue weighted by Gasteiger charge is 2.62. The molecule has 4 heterocycles. The Morgan fingerprint density at radius 3 is 1.49 bits per heavy atom. The van der Waals surface area contributed by atoms with E-state index in [1.54, 1.807) is 24.3 Å². The molecular formula is C78H50F2N2O2S2. The number of furan rings is 2. The van der Waals surface area contributed by atoms with Crippen molar-refractivity contribution in [1.29, 1.82) is 0 Å². The predicted molar refractivity (Wildman–Crippen MR) is 354 cm³/mol. The highest BCUT2D eigenvalue weighted by molar-refractivity contribution is 7.26. The maximum absolute atomic E-state index is 15.2. The molecular weight excluding hydrogens is 1100 g/mol. The maximum atomic E-state index is 15.2. The van der Waals surface area contributed by atoms with Gasteiger partial charge in [-0.3, -0.25) is 0 Å². The lowest BCUT2D eigenvalue weighted by molar-refractivity contribution is -0.0398. The second kappa shape index (κ2) is 17.4. The first-order valence-corrected chi connectivity index (χ1v) is 31.8. The van der Waals surface area contributed by atoms with E-state index in [1.807, 2.05) is 46.9 Å². The van der Waals surface area contributed by atoms with Crippen molar-refractivity contribution in [3.8, 4) is 11.1 Å². The third kappa shape index (κ3) is 6.66. The van der Waals surface area contributed by atoms with Crippen LogP contribution >= 0.6 is 22.7 Å². The maximum Gasteiger partial charge on any atom is 0.137 e. The van der Waals surface area contributed by atoms with E-state index in [0.29, 0.717) is 11.8 Å². The average molecular weight is 1150 g/mol. The number of halogens is 2. The zero-order valence-electron chi connectivity index (χ0n) is 46.4. The number of rotatable bonds is 6. The number of nitrogens with zero attached hydrogens (tertiary/aromatic N) is 2. The van der Waals surface area contributed by atoms with Crippen molar-refractivity contribution >= 4 is 163 Å². The molecule has 0 atom stereocenters. The molecule has 16 aromatic rings. The average Bonchev–Trinajstić information content (AvgIpc) is 1.48. The van der Waals surface area contributed by atoms with Crippen molar-refractivity contribution < 1.29 is 17.6 Å². The van der Waals surface area contributed by atoms with Gasteiger partial charge in [-0.25, -0.2) is 8.78 Å². The van der Waals surface area contributed by atoms with E-state index < -0.39 is 0 Å². The van der Waals surface area contributed by atoms with E-state index in [2.05, 4.69) is 180 Å². The minimum Gasteiger partial charge on any atom is -0.456 e. The van der Waals surface area contributed by atoms with Crippen molar-refractivity contribution in [2.45, 2.75) is 37.5 Å². The molecule has 8 heteroatoms. The topological polar surface area (TPSA) is 32.8 Å². The summed E-state index contributed by atoms with van der Waals surface area (Å²) in [5.74, 6) is 1.99. The first-order chi connectivity index (χ1) is 42.3. The fraction of sp³-hybridized carbons (Fsp3) is 0.128. The molecule has 5 aliphatic rings. The SMILES string of the molecule is Fc1ccc(N(c2ccc3c(c2)oc2cc4ccccc4cc23)c2ccc3c(c2)sc2cc4c(cc23)-c2c(cc(N(c3ccc(F)cc3)c3ccc5c(c3)oc3cc6ccccc6cc35)c3c2sc2ccccc23)C42C3CC4CC(C3)CC2C4)cc1. The van der Waals surface area contributed by atoms with Crippen LogP contribution in [0.2, 0.25) is 0 Å². The van der Waals surface area contributed by atoms with Crippen molar-refractivity contribution in [3.05, 3.63) is 241 Å². The van der Waals surface area contributed by atoms with Gasteiger partial charge in [-0.1, -0.05) is 72.8 Å². The molecule has 86 heavy (non-hydrogen) atoms. The summed E-state index contributed by atoms with van der Waals surface area (Å²) in [6.07, 6.45) is 6.34. The number of hydrogen-bond acceptors (Lipinski definition) is 6. The molecule has 1 spiro atoms. The molecule has 0 radical (unpaired) electrons. The molecule has 0 saturated heterocycles. The zero-order chi connectivity index (χ0) is 56.3. The first-order valence-electron chi connectivity index (χ1n) is 30.1. The number of thiophene rings is 2. The fourth-order valence-corrected chi connectivity index (χ4v) is 19.8. The number of hydrogen-bond donors (Lipinski definition) is 0. The second-order valence-corrected chi connectivity index (χ2v) is 27.2. The molecule has 21 rings (SSSR count).